The van der Waals surface area contributed by atoms with Gasteiger partial charge < -0.3 is 4.52 Å². The van der Waals surface area contributed by atoms with Crippen LogP contribution in [0.15, 0.2) is 57.9 Å². The molecule has 7 nitrogen and oxygen atoms in total. The van der Waals surface area contributed by atoms with Gasteiger partial charge >= 0.3 is 0 Å². The second-order valence-electron chi connectivity index (χ2n) is 5.80. The highest BCUT2D eigenvalue weighted by atomic mass is 32.2. The number of thioether (sulfide) groups is 1. The van der Waals surface area contributed by atoms with E-state index in [1.807, 2.05) is 30.3 Å². The Kier molecular flexibility index (Phi) is 5.18. The van der Waals surface area contributed by atoms with E-state index in [4.69, 9.17) is 4.52 Å². The Morgan fingerprint density at radius 1 is 1.32 bits per heavy atom. The standard InChI is InChI=1S/C19H15N5O2S2/c1-3-9-27-19-23-22-18(28-19)21-16(25)13-10-14(12-7-5-4-6-8-12)20-17-15(13)11(2)24-26-17/h3-8,10H,1,9H2,2H3,(H,21,22,25). The van der Waals surface area contributed by atoms with Crippen molar-refractivity contribution in [3.05, 3.63) is 60.3 Å². The molecule has 0 atom stereocenters. The van der Waals surface area contributed by atoms with E-state index in [2.05, 4.69) is 32.2 Å². The normalized spacial score (nSPS) is 10.9. The average molecular weight is 409 g/mol. The topological polar surface area (TPSA) is 93.8 Å². The van der Waals surface area contributed by atoms with Crippen LogP contribution in [0, 0.1) is 6.92 Å². The molecule has 1 aromatic carbocycles. The first-order valence-electron chi connectivity index (χ1n) is 8.36. The fourth-order valence-corrected chi connectivity index (χ4v) is 4.15. The predicted molar refractivity (Wildman–Crippen MR) is 111 cm³/mol. The number of rotatable bonds is 6. The fraction of sp³-hybridized carbons (Fsp3) is 0.105. The van der Waals surface area contributed by atoms with Gasteiger partial charge in [0.05, 0.1) is 22.3 Å². The van der Waals surface area contributed by atoms with Crippen molar-refractivity contribution < 1.29 is 9.32 Å². The molecule has 3 heterocycles. The lowest BCUT2D eigenvalue weighted by atomic mass is 10.1. The molecule has 0 radical (unpaired) electrons. The van der Waals surface area contributed by atoms with E-state index in [0.29, 0.717) is 33.2 Å². The van der Waals surface area contributed by atoms with Crippen molar-refractivity contribution in [2.24, 2.45) is 0 Å². The number of carbonyl (C=O) groups is 1. The van der Waals surface area contributed by atoms with E-state index in [1.54, 1.807) is 19.1 Å². The molecule has 9 heteroatoms. The van der Waals surface area contributed by atoms with Gasteiger partial charge in [-0.1, -0.05) is 64.7 Å². The van der Waals surface area contributed by atoms with Crippen LogP contribution in [-0.2, 0) is 0 Å². The Labute approximate surface area is 168 Å². The summed E-state index contributed by atoms with van der Waals surface area (Å²) in [5.74, 6) is 0.417. The number of fused-ring (bicyclic) bond motifs is 1. The van der Waals surface area contributed by atoms with Gasteiger partial charge in [-0.2, -0.15) is 0 Å². The van der Waals surface area contributed by atoms with Crippen molar-refractivity contribution in [1.29, 1.82) is 0 Å². The van der Waals surface area contributed by atoms with Gasteiger partial charge in [-0.3, -0.25) is 10.1 Å². The highest BCUT2D eigenvalue weighted by molar-refractivity contribution is 8.01. The largest absolute Gasteiger partial charge is 0.335 e. The molecule has 0 aliphatic heterocycles. The third-order valence-corrected chi connectivity index (χ3v) is 5.85. The smallest absolute Gasteiger partial charge is 0.259 e. The molecule has 0 fully saturated rings. The fourth-order valence-electron chi connectivity index (χ4n) is 2.64. The van der Waals surface area contributed by atoms with Gasteiger partial charge in [0.1, 0.15) is 0 Å². The van der Waals surface area contributed by atoms with Crippen molar-refractivity contribution >= 4 is 45.2 Å². The SMILES string of the molecule is C=CCSc1nnc(NC(=O)c2cc(-c3ccccc3)nc3onc(C)c23)s1. The number of anilines is 1. The quantitative estimate of drug-likeness (QED) is 0.283. The predicted octanol–water partition coefficient (Wildman–Crippen LogP) is 4.58. The molecule has 0 saturated carbocycles. The molecule has 28 heavy (non-hydrogen) atoms. The number of pyridine rings is 1. The number of amides is 1. The Hall–Kier alpha value is -3.04. The first-order valence-corrected chi connectivity index (χ1v) is 10.2. The van der Waals surface area contributed by atoms with E-state index < -0.39 is 0 Å². The molecule has 1 N–H and O–H groups in total. The summed E-state index contributed by atoms with van der Waals surface area (Å²) in [6, 6.07) is 11.3. The van der Waals surface area contributed by atoms with Crippen molar-refractivity contribution in [1.82, 2.24) is 20.3 Å². The Morgan fingerprint density at radius 2 is 2.14 bits per heavy atom. The molecular formula is C19H15N5O2S2. The summed E-state index contributed by atoms with van der Waals surface area (Å²) in [6.45, 7) is 5.46. The van der Waals surface area contributed by atoms with E-state index >= 15 is 0 Å². The van der Waals surface area contributed by atoms with Gasteiger partial charge in [-0.25, -0.2) is 4.98 Å². The van der Waals surface area contributed by atoms with Crippen LogP contribution in [0.1, 0.15) is 16.1 Å². The molecule has 0 spiro atoms. The lowest BCUT2D eigenvalue weighted by molar-refractivity contribution is 0.102. The lowest BCUT2D eigenvalue weighted by Crippen LogP contribution is -2.13. The number of carbonyl (C=O) groups excluding carboxylic acids is 1. The number of nitrogens with one attached hydrogen (secondary N) is 1. The van der Waals surface area contributed by atoms with Crippen molar-refractivity contribution in [3.63, 3.8) is 0 Å². The molecule has 0 unspecified atom stereocenters. The zero-order chi connectivity index (χ0) is 19.5. The van der Waals surface area contributed by atoms with Gasteiger partial charge in [0, 0.05) is 11.3 Å². The summed E-state index contributed by atoms with van der Waals surface area (Å²) in [6.07, 6.45) is 1.79. The van der Waals surface area contributed by atoms with Gasteiger partial charge in [0.2, 0.25) is 5.13 Å². The Balaban J connectivity index is 1.70. The second-order valence-corrected chi connectivity index (χ2v) is 8.04. The molecule has 3 aromatic heterocycles. The Bertz CT molecular complexity index is 1150. The number of aryl methyl sites for hydroxylation is 1. The number of hydrogen-bond donors (Lipinski definition) is 1. The maximum atomic E-state index is 13.0. The summed E-state index contributed by atoms with van der Waals surface area (Å²) < 4.78 is 6.09. The van der Waals surface area contributed by atoms with Gasteiger partial charge in [0.15, 0.2) is 4.34 Å². The number of nitrogens with zero attached hydrogens (tertiary/aromatic N) is 4. The van der Waals surface area contributed by atoms with E-state index in [0.717, 1.165) is 15.7 Å². The van der Waals surface area contributed by atoms with Crippen molar-refractivity contribution in [2.45, 2.75) is 11.3 Å². The zero-order valence-electron chi connectivity index (χ0n) is 14.9. The van der Waals surface area contributed by atoms with Crippen molar-refractivity contribution in [2.75, 3.05) is 11.1 Å². The minimum absolute atomic E-state index is 0.313. The summed E-state index contributed by atoms with van der Waals surface area (Å²) in [7, 11) is 0. The molecule has 4 rings (SSSR count). The third kappa shape index (κ3) is 3.67. The van der Waals surface area contributed by atoms with Crippen molar-refractivity contribution in [3.8, 4) is 11.3 Å². The van der Waals surface area contributed by atoms with Crippen LogP contribution in [-0.4, -0.2) is 32.0 Å². The monoisotopic (exact) mass is 409 g/mol. The summed E-state index contributed by atoms with van der Waals surface area (Å²) >= 11 is 2.83. The van der Waals surface area contributed by atoms with E-state index in [1.165, 1.54) is 23.1 Å². The summed E-state index contributed by atoms with van der Waals surface area (Å²) in [5, 5.41) is 15.9. The number of aromatic nitrogens is 4. The maximum Gasteiger partial charge on any atom is 0.259 e. The van der Waals surface area contributed by atoms with Crippen LogP contribution in [0.5, 0.6) is 0 Å². The van der Waals surface area contributed by atoms with Gasteiger partial charge in [-0.15, -0.1) is 16.8 Å². The highest BCUT2D eigenvalue weighted by Crippen LogP contribution is 2.29. The molecule has 4 aromatic rings. The molecule has 0 saturated heterocycles. The summed E-state index contributed by atoms with van der Waals surface area (Å²) in [5.41, 5.74) is 2.87. The third-order valence-electron chi connectivity index (χ3n) is 3.88. The molecule has 1 amide bonds. The molecule has 0 aliphatic rings. The minimum atomic E-state index is -0.313. The molecular weight excluding hydrogens is 394 g/mol. The number of hydrogen-bond acceptors (Lipinski definition) is 8. The zero-order valence-corrected chi connectivity index (χ0v) is 16.5. The van der Waals surface area contributed by atoms with Gasteiger partial charge in [-0.05, 0) is 13.0 Å². The van der Waals surface area contributed by atoms with Crippen LogP contribution in [0.2, 0.25) is 0 Å². The first kappa shape index (κ1) is 18.3. The van der Waals surface area contributed by atoms with Crippen LogP contribution in [0.25, 0.3) is 22.4 Å². The molecule has 0 aliphatic carbocycles. The average Bonchev–Trinajstić information content (AvgIpc) is 3.33. The minimum Gasteiger partial charge on any atom is -0.335 e. The summed E-state index contributed by atoms with van der Waals surface area (Å²) in [4.78, 5) is 17.5. The van der Waals surface area contributed by atoms with Crippen LogP contribution >= 0.6 is 23.1 Å². The van der Waals surface area contributed by atoms with Crippen LogP contribution in [0.4, 0.5) is 5.13 Å². The Morgan fingerprint density at radius 3 is 2.93 bits per heavy atom. The van der Waals surface area contributed by atoms with Gasteiger partial charge in [0.25, 0.3) is 11.6 Å². The lowest BCUT2D eigenvalue weighted by Gasteiger charge is -2.06. The number of benzene rings is 1. The first-order chi connectivity index (χ1) is 13.7. The second kappa shape index (κ2) is 7.91. The molecule has 140 valence electrons. The van der Waals surface area contributed by atoms with E-state index in [-0.39, 0.29) is 5.91 Å². The highest BCUT2D eigenvalue weighted by Gasteiger charge is 2.20. The van der Waals surface area contributed by atoms with E-state index in [9.17, 15) is 4.79 Å². The maximum absolute atomic E-state index is 13.0. The van der Waals surface area contributed by atoms with Crippen LogP contribution in [0.3, 0.4) is 0 Å². The molecule has 0 bridgehead atoms. The van der Waals surface area contributed by atoms with Crippen LogP contribution < -0.4 is 5.32 Å².